The van der Waals surface area contributed by atoms with Gasteiger partial charge < -0.3 is 9.47 Å². The highest BCUT2D eigenvalue weighted by Gasteiger charge is 2.35. The maximum atomic E-state index is 14.4. The molecular formula is C24H13F9O4. The van der Waals surface area contributed by atoms with Crippen molar-refractivity contribution in [3.05, 3.63) is 93.3 Å². The number of hydrogen-bond acceptors (Lipinski definition) is 4. The van der Waals surface area contributed by atoms with Gasteiger partial charge in [0.15, 0.2) is 11.6 Å². The fourth-order valence-electron chi connectivity index (χ4n) is 3.03. The van der Waals surface area contributed by atoms with Crippen LogP contribution >= 0.6 is 0 Å². The molecule has 3 aromatic carbocycles. The van der Waals surface area contributed by atoms with Crippen LogP contribution in [0.2, 0.25) is 0 Å². The Balaban J connectivity index is 1.95. The average molecular weight is 536 g/mol. The molecule has 37 heavy (non-hydrogen) atoms. The zero-order chi connectivity index (χ0) is 27.8. The van der Waals surface area contributed by atoms with Crippen molar-refractivity contribution in [3.63, 3.8) is 0 Å². The van der Waals surface area contributed by atoms with Crippen LogP contribution in [0.15, 0.2) is 24.3 Å². The number of esters is 2. The Hall–Kier alpha value is -4.03. The zero-order valence-corrected chi connectivity index (χ0v) is 18.6. The summed E-state index contributed by atoms with van der Waals surface area (Å²) in [4.78, 5) is 24.3. The molecule has 0 fully saturated rings. The predicted molar refractivity (Wildman–Crippen MR) is 108 cm³/mol. The molecule has 0 aliphatic carbocycles. The number of carbonyl (C=O) groups is 2. The van der Waals surface area contributed by atoms with Crippen LogP contribution in [0.3, 0.4) is 0 Å². The minimum absolute atomic E-state index is 0.111. The molecule has 13 heteroatoms. The van der Waals surface area contributed by atoms with Gasteiger partial charge >= 0.3 is 11.9 Å². The molecular weight excluding hydrogens is 523 g/mol. The molecule has 0 aromatic heterocycles. The fraction of sp³-hybridized carbons (Fsp3) is 0.167. The molecule has 196 valence electrons. The van der Waals surface area contributed by atoms with E-state index in [1.807, 2.05) is 13.8 Å². The molecule has 0 saturated carbocycles. The first-order chi connectivity index (χ1) is 17.3. The molecule has 3 rings (SSSR count). The van der Waals surface area contributed by atoms with Crippen LogP contribution < -0.4 is 9.47 Å². The van der Waals surface area contributed by atoms with Gasteiger partial charge in [-0.05, 0) is 30.0 Å². The lowest BCUT2D eigenvalue weighted by Gasteiger charge is -2.13. The summed E-state index contributed by atoms with van der Waals surface area (Å²) in [7, 11) is 0. The smallest absolute Gasteiger partial charge is 0.349 e. The second-order valence-electron chi connectivity index (χ2n) is 7.57. The van der Waals surface area contributed by atoms with E-state index in [-0.39, 0.29) is 11.5 Å². The van der Waals surface area contributed by atoms with Gasteiger partial charge in [0.1, 0.15) is 5.56 Å². The SMILES string of the molecule is CCC(C)c1ccc(C(=O)Oc2c(F)c(F)c(C(=O)Oc3c(F)c(F)c(F)c(F)c3F)c(F)c2F)cc1. The van der Waals surface area contributed by atoms with Crippen molar-refractivity contribution in [1.29, 1.82) is 0 Å². The molecule has 0 saturated heterocycles. The Labute approximate surface area is 202 Å². The van der Waals surface area contributed by atoms with Crippen LogP contribution in [0.1, 0.15) is 52.5 Å². The van der Waals surface area contributed by atoms with Crippen molar-refractivity contribution in [2.45, 2.75) is 26.2 Å². The number of benzene rings is 3. The number of ether oxygens (including phenoxy) is 2. The molecule has 4 nitrogen and oxygen atoms in total. The molecule has 0 N–H and O–H groups in total. The summed E-state index contributed by atoms with van der Waals surface area (Å²) in [5.41, 5.74) is -1.69. The molecule has 0 aliphatic heterocycles. The third kappa shape index (κ3) is 4.98. The number of carbonyl (C=O) groups excluding carboxylic acids is 2. The van der Waals surface area contributed by atoms with Crippen molar-refractivity contribution in [2.24, 2.45) is 0 Å². The van der Waals surface area contributed by atoms with Gasteiger partial charge in [0, 0.05) is 0 Å². The van der Waals surface area contributed by atoms with Crippen LogP contribution in [-0.2, 0) is 0 Å². The standard InChI is InChI=1S/C24H13F9O4/c1-3-8(2)9-4-6-10(7-5-9)23(34)36-21-17(30)12(25)11(13(26)18(21)31)24(35)37-22-19(32)15(28)14(27)16(29)20(22)33/h4-8H,3H2,1-2H3. The Bertz CT molecular complexity index is 1350. The summed E-state index contributed by atoms with van der Waals surface area (Å²) in [5.74, 6) is -31.2. The van der Waals surface area contributed by atoms with Crippen molar-refractivity contribution < 1.29 is 58.6 Å². The van der Waals surface area contributed by atoms with Crippen LogP contribution in [0.5, 0.6) is 11.5 Å². The van der Waals surface area contributed by atoms with Gasteiger partial charge in [-0.1, -0.05) is 26.0 Å². The highest BCUT2D eigenvalue weighted by Crippen LogP contribution is 2.34. The van der Waals surface area contributed by atoms with Gasteiger partial charge in [-0.3, -0.25) is 0 Å². The van der Waals surface area contributed by atoms with Crippen molar-refractivity contribution in [1.82, 2.24) is 0 Å². The van der Waals surface area contributed by atoms with Crippen LogP contribution in [0.25, 0.3) is 0 Å². The maximum Gasteiger partial charge on any atom is 0.349 e. The average Bonchev–Trinajstić information content (AvgIpc) is 2.89. The first kappa shape index (κ1) is 27.6. The van der Waals surface area contributed by atoms with Gasteiger partial charge in [-0.25, -0.2) is 31.5 Å². The zero-order valence-electron chi connectivity index (χ0n) is 18.6. The first-order valence-corrected chi connectivity index (χ1v) is 10.2. The Kier molecular flexibility index (Phi) is 7.84. The normalized spacial score (nSPS) is 11.9. The lowest BCUT2D eigenvalue weighted by atomic mass is 9.98. The van der Waals surface area contributed by atoms with Crippen molar-refractivity contribution >= 4 is 11.9 Å². The van der Waals surface area contributed by atoms with Crippen LogP contribution in [-0.4, -0.2) is 11.9 Å². The molecule has 3 aromatic rings. The molecule has 0 aliphatic rings. The highest BCUT2D eigenvalue weighted by atomic mass is 19.2. The van der Waals surface area contributed by atoms with E-state index in [4.69, 9.17) is 0 Å². The molecule has 0 bridgehead atoms. The van der Waals surface area contributed by atoms with E-state index in [0.717, 1.165) is 12.0 Å². The van der Waals surface area contributed by atoms with Crippen LogP contribution in [0, 0.1) is 52.4 Å². The van der Waals surface area contributed by atoms with E-state index >= 15 is 0 Å². The summed E-state index contributed by atoms with van der Waals surface area (Å²) in [5, 5.41) is 0. The number of halogens is 9. The lowest BCUT2D eigenvalue weighted by molar-refractivity contribution is 0.0700. The van der Waals surface area contributed by atoms with Crippen molar-refractivity contribution in [3.8, 4) is 11.5 Å². The summed E-state index contributed by atoms with van der Waals surface area (Å²) in [6.45, 7) is 3.80. The minimum atomic E-state index is -2.65. The summed E-state index contributed by atoms with van der Waals surface area (Å²) in [6, 6.07) is 5.47. The Morgan fingerprint density at radius 2 is 1.00 bits per heavy atom. The summed E-state index contributed by atoms with van der Waals surface area (Å²) < 4.78 is 133. The van der Waals surface area contributed by atoms with E-state index in [9.17, 15) is 49.1 Å². The molecule has 0 radical (unpaired) electrons. The maximum absolute atomic E-state index is 14.4. The summed E-state index contributed by atoms with van der Waals surface area (Å²) >= 11 is 0. The second kappa shape index (κ2) is 10.5. The highest BCUT2D eigenvalue weighted by molar-refractivity contribution is 5.93. The largest absolute Gasteiger partial charge is 0.416 e. The third-order valence-corrected chi connectivity index (χ3v) is 5.31. The molecule has 0 spiro atoms. The number of rotatable bonds is 6. The van der Waals surface area contributed by atoms with Gasteiger partial charge in [-0.2, -0.15) is 17.6 Å². The molecule has 1 atom stereocenters. The summed E-state index contributed by atoms with van der Waals surface area (Å²) in [6.07, 6.45) is 0.762. The van der Waals surface area contributed by atoms with E-state index < -0.39 is 81.4 Å². The Morgan fingerprint density at radius 1 is 0.622 bits per heavy atom. The van der Waals surface area contributed by atoms with E-state index in [0.29, 0.717) is 0 Å². The van der Waals surface area contributed by atoms with E-state index in [1.54, 1.807) is 0 Å². The first-order valence-electron chi connectivity index (χ1n) is 10.2. The van der Waals surface area contributed by atoms with Gasteiger partial charge in [0.2, 0.25) is 52.2 Å². The monoisotopic (exact) mass is 536 g/mol. The van der Waals surface area contributed by atoms with E-state index in [1.165, 1.54) is 24.3 Å². The Morgan fingerprint density at radius 3 is 1.43 bits per heavy atom. The molecule has 0 amide bonds. The van der Waals surface area contributed by atoms with Gasteiger partial charge in [0.05, 0.1) is 5.56 Å². The lowest BCUT2D eigenvalue weighted by Crippen LogP contribution is -2.20. The topological polar surface area (TPSA) is 52.6 Å². The number of hydrogen-bond donors (Lipinski definition) is 0. The fourth-order valence-corrected chi connectivity index (χ4v) is 3.03. The minimum Gasteiger partial charge on any atom is -0.416 e. The van der Waals surface area contributed by atoms with Crippen molar-refractivity contribution in [2.75, 3.05) is 0 Å². The van der Waals surface area contributed by atoms with Gasteiger partial charge in [0.25, 0.3) is 0 Å². The second-order valence-corrected chi connectivity index (χ2v) is 7.57. The third-order valence-electron chi connectivity index (χ3n) is 5.31. The molecule has 0 heterocycles. The predicted octanol–water partition coefficient (Wildman–Crippen LogP) is 6.89. The van der Waals surface area contributed by atoms with Gasteiger partial charge in [-0.15, -0.1) is 0 Å². The quantitative estimate of drug-likeness (QED) is 0.113. The van der Waals surface area contributed by atoms with Crippen LogP contribution in [0.4, 0.5) is 39.5 Å². The molecule has 1 unspecified atom stereocenters. The van der Waals surface area contributed by atoms with E-state index in [2.05, 4.69) is 9.47 Å².